The molecular weight excluding hydrogens is 260 g/mol. The Morgan fingerprint density at radius 1 is 1.24 bits per heavy atom. The molecule has 0 radical (unpaired) electrons. The summed E-state index contributed by atoms with van der Waals surface area (Å²) in [5, 5.41) is 9.19. The lowest BCUT2D eigenvalue weighted by Crippen LogP contribution is -2.42. The van der Waals surface area contributed by atoms with Crippen molar-refractivity contribution in [3.63, 3.8) is 0 Å². The molecule has 2 rings (SSSR count). The second-order valence-electron chi connectivity index (χ2n) is 7.26. The molecule has 1 aliphatic rings. The number of nitrogens with zero attached hydrogens (tertiary/aromatic N) is 2. The molecule has 1 aliphatic heterocycles. The Balaban J connectivity index is 2.22. The summed E-state index contributed by atoms with van der Waals surface area (Å²) < 4.78 is 0. The van der Waals surface area contributed by atoms with E-state index in [1.807, 2.05) is 36.1 Å². The number of carbonyl (C=O) groups excluding carboxylic acids is 1. The van der Waals surface area contributed by atoms with E-state index >= 15 is 0 Å². The number of hydrogen-bond donors (Lipinski definition) is 0. The molecule has 0 aromatic heterocycles. The second-order valence-corrected chi connectivity index (χ2v) is 7.26. The SMILES string of the molecule is CC1(C#N)CCN(C(=O)c2ccccc2C(C)(C)C)CC1. The molecule has 0 N–H and O–H groups in total. The molecule has 3 heteroatoms. The third-order valence-electron chi connectivity index (χ3n) is 4.39. The second kappa shape index (κ2) is 5.52. The maximum atomic E-state index is 12.8. The highest BCUT2D eigenvalue weighted by atomic mass is 16.2. The van der Waals surface area contributed by atoms with Gasteiger partial charge in [-0.3, -0.25) is 4.79 Å². The van der Waals surface area contributed by atoms with Crippen molar-refractivity contribution in [2.75, 3.05) is 13.1 Å². The third kappa shape index (κ3) is 3.26. The van der Waals surface area contributed by atoms with Gasteiger partial charge in [0.1, 0.15) is 0 Å². The van der Waals surface area contributed by atoms with Crippen molar-refractivity contribution in [2.24, 2.45) is 5.41 Å². The average molecular weight is 284 g/mol. The maximum absolute atomic E-state index is 12.8. The molecule has 1 aromatic carbocycles. The number of rotatable bonds is 1. The Morgan fingerprint density at radius 3 is 2.33 bits per heavy atom. The van der Waals surface area contributed by atoms with E-state index in [1.165, 1.54) is 0 Å². The summed E-state index contributed by atoms with van der Waals surface area (Å²) in [5.41, 5.74) is 1.55. The van der Waals surface area contributed by atoms with Crippen molar-refractivity contribution in [3.8, 4) is 6.07 Å². The summed E-state index contributed by atoms with van der Waals surface area (Å²) in [6.45, 7) is 9.70. The minimum absolute atomic E-state index is 0.0524. The molecular formula is C18H24N2O. The highest BCUT2D eigenvalue weighted by molar-refractivity contribution is 5.96. The van der Waals surface area contributed by atoms with E-state index in [1.54, 1.807) is 0 Å². The largest absolute Gasteiger partial charge is 0.339 e. The van der Waals surface area contributed by atoms with Crippen molar-refractivity contribution in [1.82, 2.24) is 4.90 Å². The number of nitriles is 1. The van der Waals surface area contributed by atoms with Crippen LogP contribution in [-0.2, 0) is 5.41 Å². The average Bonchev–Trinajstić information content (AvgIpc) is 2.46. The van der Waals surface area contributed by atoms with Crippen LogP contribution in [0.5, 0.6) is 0 Å². The van der Waals surface area contributed by atoms with Gasteiger partial charge in [-0.25, -0.2) is 0 Å². The van der Waals surface area contributed by atoms with Gasteiger partial charge in [-0.1, -0.05) is 39.0 Å². The van der Waals surface area contributed by atoms with Crippen LogP contribution in [0.1, 0.15) is 56.5 Å². The van der Waals surface area contributed by atoms with Gasteiger partial charge in [-0.05, 0) is 36.8 Å². The Morgan fingerprint density at radius 2 is 1.81 bits per heavy atom. The lowest BCUT2D eigenvalue weighted by atomic mass is 9.81. The topological polar surface area (TPSA) is 44.1 Å². The fourth-order valence-corrected chi connectivity index (χ4v) is 2.81. The van der Waals surface area contributed by atoms with Crippen LogP contribution in [-0.4, -0.2) is 23.9 Å². The fraction of sp³-hybridized carbons (Fsp3) is 0.556. The number of amides is 1. The molecule has 0 atom stereocenters. The highest BCUT2D eigenvalue weighted by Gasteiger charge is 2.33. The maximum Gasteiger partial charge on any atom is 0.254 e. The first-order chi connectivity index (χ1) is 9.77. The van der Waals surface area contributed by atoms with Gasteiger partial charge in [0.15, 0.2) is 0 Å². The van der Waals surface area contributed by atoms with E-state index in [4.69, 9.17) is 0 Å². The van der Waals surface area contributed by atoms with Crippen LogP contribution in [0, 0.1) is 16.7 Å². The van der Waals surface area contributed by atoms with E-state index in [9.17, 15) is 10.1 Å². The monoisotopic (exact) mass is 284 g/mol. The third-order valence-corrected chi connectivity index (χ3v) is 4.39. The molecule has 3 nitrogen and oxygen atoms in total. The summed E-state index contributed by atoms with van der Waals surface area (Å²) >= 11 is 0. The molecule has 0 bridgehead atoms. The van der Waals surface area contributed by atoms with E-state index in [2.05, 4.69) is 26.8 Å². The quantitative estimate of drug-likeness (QED) is 0.788. The van der Waals surface area contributed by atoms with Crippen LogP contribution >= 0.6 is 0 Å². The molecule has 1 amide bonds. The first kappa shape index (κ1) is 15.6. The number of piperidine rings is 1. The molecule has 0 saturated carbocycles. The predicted molar refractivity (Wildman–Crippen MR) is 84.0 cm³/mol. The van der Waals surface area contributed by atoms with Gasteiger partial charge in [0, 0.05) is 18.7 Å². The van der Waals surface area contributed by atoms with Crippen LogP contribution in [0.25, 0.3) is 0 Å². The Kier molecular flexibility index (Phi) is 4.09. The highest BCUT2D eigenvalue weighted by Crippen LogP contribution is 2.32. The van der Waals surface area contributed by atoms with Gasteiger partial charge < -0.3 is 4.90 Å². The van der Waals surface area contributed by atoms with Crippen molar-refractivity contribution in [2.45, 2.75) is 46.0 Å². The standard InChI is InChI=1S/C18H24N2O/c1-17(2,3)15-8-6-5-7-14(15)16(21)20-11-9-18(4,13-19)10-12-20/h5-8H,9-12H2,1-4H3. The Labute approximate surface area is 127 Å². The van der Waals surface area contributed by atoms with Gasteiger partial charge >= 0.3 is 0 Å². The molecule has 1 aromatic rings. The zero-order valence-electron chi connectivity index (χ0n) is 13.4. The normalized spacial score (nSPS) is 18.1. The zero-order chi connectivity index (χ0) is 15.7. The minimum Gasteiger partial charge on any atom is -0.339 e. The predicted octanol–water partition coefficient (Wildman–Crippen LogP) is 3.75. The molecule has 112 valence electrons. The van der Waals surface area contributed by atoms with E-state index in [-0.39, 0.29) is 16.7 Å². The zero-order valence-corrected chi connectivity index (χ0v) is 13.4. The van der Waals surface area contributed by atoms with Crippen LogP contribution in [0.3, 0.4) is 0 Å². The van der Waals surface area contributed by atoms with Gasteiger partial charge in [0.2, 0.25) is 0 Å². The number of hydrogen-bond acceptors (Lipinski definition) is 2. The van der Waals surface area contributed by atoms with Crippen molar-refractivity contribution in [1.29, 1.82) is 5.26 Å². The lowest BCUT2D eigenvalue weighted by Gasteiger charge is -2.35. The van der Waals surface area contributed by atoms with Crippen molar-refractivity contribution < 1.29 is 4.79 Å². The summed E-state index contributed by atoms with van der Waals surface area (Å²) in [7, 11) is 0. The van der Waals surface area contributed by atoms with Crippen molar-refractivity contribution >= 4 is 5.91 Å². The van der Waals surface area contributed by atoms with Gasteiger partial charge in [0.05, 0.1) is 11.5 Å². The van der Waals surface area contributed by atoms with E-state index in [0.717, 1.165) is 24.0 Å². The van der Waals surface area contributed by atoms with Crippen LogP contribution in [0.15, 0.2) is 24.3 Å². The molecule has 1 fully saturated rings. The Bertz CT molecular complexity index is 570. The molecule has 1 saturated heterocycles. The van der Waals surface area contributed by atoms with Gasteiger partial charge in [0.25, 0.3) is 5.91 Å². The van der Waals surface area contributed by atoms with Crippen LogP contribution < -0.4 is 0 Å². The van der Waals surface area contributed by atoms with Crippen LogP contribution in [0.4, 0.5) is 0 Å². The van der Waals surface area contributed by atoms with Gasteiger partial charge in [-0.15, -0.1) is 0 Å². The number of likely N-dealkylation sites (tertiary alicyclic amines) is 1. The smallest absolute Gasteiger partial charge is 0.254 e. The summed E-state index contributed by atoms with van der Waals surface area (Å²) in [6.07, 6.45) is 1.51. The summed E-state index contributed by atoms with van der Waals surface area (Å²) in [5.74, 6) is 0.0977. The lowest BCUT2D eigenvalue weighted by molar-refractivity contribution is 0.0659. The molecule has 1 heterocycles. The fourth-order valence-electron chi connectivity index (χ4n) is 2.81. The van der Waals surface area contributed by atoms with Crippen molar-refractivity contribution in [3.05, 3.63) is 35.4 Å². The number of benzene rings is 1. The molecule has 21 heavy (non-hydrogen) atoms. The molecule has 0 spiro atoms. The Hall–Kier alpha value is -1.82. The molecule has 0 unspecified atom stereocenters. The molecule has 0 aliphatic carbocycles. The number of carbonyl (C=O) groups is 1. The first-order valence-electron chi connectivity index (χ1n) is 7.57. The first-order valence-corrected chi connectivity index (χ1v) is 7.57. The van der Waals surface area contributed by atoms with E-state index < -0.39 is 0 Å². The summed E-state index contributed by atoms with van der Waals surface area (Å²) in [4.78, 5) is 14.7. The van der Waals surface area contributed by atoms with E-state index in [0.29, 0.717) is 13.1 Å². The van der Waals surface area contributed by atoms with Crippen LogP contribution in [0.2, 0.25) is 0 Å². The minimum atomic E-state index is -0.277. The summed E-state index contributed by atoms with van der Waals surface area (Å²) in [6, 6.07) is 10.2. The van der Waals surface area contributed by atoms with Gasteiger partial charge in [-0.2, -0.15) is 5.26 Å².